The number of nitrogens with zero attached hydrogens (tertiary/aromatic N) is 4. The Morgan fingerprint density at radius 3 is 2.70 bits per heavy atom. The van der Waals surface area contributed by atoms with Crippen molar-refractivity contribution in [3.05, 3.63) is 58.5 Å². The van der Waals surface area contributed by atoms with Crippen LogP contribution in [0.1, 0.15) is 58.2 Å². The molecule has 0 N–H and O–H groups in total. The molecule has 1 amide bonds. The van der Waals surface area contributed by atoms with Gasteiger partial charge in [-0.2, -0.15) is 5.10 Å². The molecule has 0 spiro atoms. The molecule has 3 heterocycles. The smallest absolute Gasteiger partial charge is 0.255 e. The number of hydrogen-bond acceptors (Lipinski definition) is 3. The van der Waals surface area contributed by atoms with Gasteiger partial charge in [0.1, 0.15) is 0 Å². The molecule has 4 rings (SSSR count). The minimum absolute atomic E-state index is 0.0440. The molecule has 2 aromatic heterocycles. The Morgan fingerprint density at radius 2 is 1.96 bits per heavy atom. The molecule has 0 saturated carbocycles. The third kappa shape index (κ3) is 3.11. The third-order valence-electron chi connectivity index (χ3n) is 5.70. The number of amides is 1. The quantitative estimate of drug-likeness (QED) is 0.684. The predicted molar refractivity (Wildman–Crippen MR) is 107 cm³/mol. The molecule has 0 bridgehead atoms. The second kappa shape index (κ2) is 6.80. The molecule has 1 aromatic carbocycles. The summed E-state index contributed by atoms with van der Waals surface area (Å²) in [6.45, 7) is 6.90. The van der Waals surface area contributed by atoms with Crippen molar-refractivity contribution in [3.8, 4) is 0 Å². The van der Waals surface area contributed by atoms with Gasteiger partial charge in [0.05, 0.1) is 22.8 Å². The number of hydrogen-bond donors (Lipinski definition) is 0. The van der Waals surface area contributed by atoms with Crippen molar-refractivity contribution in [1.29, 1.82) is 0 Å². The minimum Gasteiger partial charge on any atom is -0.330 e. The lowest BCUT2D eigenvalue weighted by atomic mass is 9.96. The first-order valence-corrected chi connectivity index (χ1v) is 9.64. The molecule has 1 saturated heterocycles. The molecule has 1 fully saturated rings. The maximum absolute atomic E-state index is 13.6. The zero-order valence-corrected chi connectivity index (χ0v) is 16.5. The Labute approximate surface area is 160 Å². The molecule has 0 radical (unpaired) electrons. The standard InChI is InChI=1S/C22H26N4O/c1-14-8-9-17-18(13-15(2)23-21(17)16(14)3)22(27)26-11-6-5-7-20(26)19-10-12-25(4)24-19/h8-10,12-13,20H,5-7,11H2,1-4H3. The largest absolute Gasteiger partial charge is 0.330 e. The molecule has 3 aromatic rings. The highest BCUT2D eigenvalue weighted by molar-refractivity contribution is 6.07. The number of carbonyl (C=O) groups is 1. The van der Waals surface area contributed by atoms with Crippen molar-refractivity contribution in [2.24, 2.45) is 7.05 Å². The van der Waals surface area contributed by atoms with Gasteiger partial charge in [-0.1, -0.05) is 12.1 Å². The van der Waals surface area contributed by atoms with Crippen LogP contribution in [-0.4, -0.2) is 32.1 Å². The Bertz CT molecular complexity index is 1020. The first-order valence-electron chi connectivity index (χ1n) is 9.64. The van der Waals surface area contributed by atoms with Crippen LogP contribution in [-0.2, 0) is 7.05 Å². The van der Waals surface area contributed by atoms with Gasteiger partial charge in [0.25, 0.3) is 5.91 Å². The fourth-order valence-corrected chi connectivity index (χ4v) is 4.08. The van der Waals surface area contributed by atoms with Crippen LogP contribution < -0.4 is 0 Å². The SMILES string of the molecule is Cc1cc(C(=O)N2CCCCC2c2ccn(C)n2)c2ccc(C)c(C)c2n1. The van der Waals surface area contributed by atoms with Gasteiger partial charge in [-0.25, -0.2) is 0 Å². The fraction of sp³-hybridized carbons (Fsp3) is 0.409. The Hall–Kier alpha value is -2.69. The van der Waals surface area contributed by atoms with Gasteiger partial charge in [-0.15, -0.1) is 0 Å². The number of benzene rings is 1. The first-order chi connectivity index (χ1) is 13.0. The summed E-state index contributed by atoms with van der Waals surface area (Å²) in [7, 11) is 1.92. The third-order valence-corrected chi connectivity index (χ3v) is 5.70. The number of fused-ring (bicyclic) bond motifs is 1. The second-order valence-electron chi connectivity index (χ2n) is 7.64. The monoisotopic (exact) mass is 362 g/mol. The zero-order valence-electron chi connectivity index (χ0n) is 16.5. The van der Waals surface area contributed by atoms with Gasteiger partial charge < -0.3 is 4.90 Å². The van der Waals surface area contributed by atoms with E-state index in [2.05, 4.69) is 25.0 Å². The van der Waals surface area contributed by atoms with Crippen molar-refractivity contribution >= 4 is 16.8 Å². The fourth-order valence-electron chi connectivity index (χ4n) is 4.08. The molecule has 1 atom stereocenters. The van der Waals surface area contributed by atoms with E-state index < -0.39 is 0 Å². The number of pyridine rings is 1. The van der Waals surface area contributed by atoms with E-state index in [4.69, 9.17) is 4.98 Å². The summed E-state index contributed by atoms with van der Waals surface area (Å²) in [6, 6.07) is 8.13. The van der Waals surface area contributed by atoms with E-state index in [1.807, 2.05) is 47.9 Å². The molecule has 1 aliphatic rings. The van der Waals surface area contributed by atoms with Gasteiger partial charge in [0, 0.05) is 30.9 Å². The lowest BCUT2D eigenvalue weighted by molar-refractivity contribution is 0.0607. The Morgan fingerprint density at radius 1 is 1.15 bits per heavy atom. The maximum atomic E-state index is 13.6. The van der Waals surface area contributed by atoms with Crippen LogP contribution in [0.25, 0.3) is 10.9 Å². The average Bonchev–Trinajstić information content (AvgIpc) is 3.10. The van der Waals surface area contributed by atoms with E-state index in [-0.39, 0.29) is 11.9 Å². The number of aryl methyl sites for hydroxylation is 4. The highest BCUT2D eigenvalue weighted by Gasteiger charge is 2.31. The van der Waals surface area contributed by atoms with Crippen molar-refractivity contribution in [1.82, 2.24) is 19.7 Å². The minimum atomic E-state index is 0.0440. The molecule has 5 heteroatoms. The number of likely N-dealkylation sites (tertiary alicyclic amines) is 1. The Balaban J connectivity index is 1.80. The van der Waals surface area contributed by atoms with Crippen LogP contribution in [0.5, 0.6) is 0 Å². The first kappa shape index (κ1) is 17.7. The van der Waals surface area contributed by atoms with Crippen LogP contribution in [0.3, 0.4) is 0 Å². The summed E-state index contributed by atoms with van der Waals surface area (Å²) in [5.41, 5.74) is 5.89. The van der Waals surface area contributed by atoms with Crippen molar-refractivity contribution in [2.75, 3.05) is 6.54 Å². The number of piperidine rings is 1. The van der Waals surface area contributed by atoms with E-state index in [9.17, 15) is 4.79 Å². The lowest BCUT2D eigenvalue weighted by Crippen LogP contribution is -2.39. The number of rotatable bonds is 2. The van der Waals surface area contributed by atoms with Gasteiger partial charge in [0.15, 0.2) is 0 Å². The molecular formula is C22H26N4O. The lowest BCUT2D eigenvalue weighted by Gasteiger charge is -2.35. The van der Waals surface area contributed by atoms with Crippen molar-refractivity contribution in [2.45, 2.75) is 46.1 Å². The van der Waals surface area contributed by atoms with E-state index >= 15 is 0 Å². The van der Waals surface area contributed by atoms with Gasteiger partial charge >= 0.3 is 0 Å². The predicted octanol–water partition coefficient (Wildman–Crippen LogP) is 4.26. The topological polar surface area (TPSA) is 51.0 Å². The molecule has 27 heavy (non-hydrogen) atoms. The molecule has 0 aliphatic carbocycles. The van der Waals surface area contributed by atoms with Crippen LogP contribution >= 0.6 is 0 Å². The van der Waals surface area contributed by atoms with E-state index in [0.717, 1.165) is 59.2 Å². The van der Waals surface area contributed by atoms with E-state index in [1.54, 1.807) is 0 Å². The summed E-state index contributed by atoms with van der Waals surface area (Å²) in [4.78, 5) is 20.3. The number of aromatic nitrogens is 3. The van der Waals surface area contributed by atoms with Crippen LogP contribution in [0.2, 0.25) is 0 Å². The molecular weight excluding hydrogens is 336 g/mol. The Kier molecular flexibility index (Phi) is 4.46. The molecule has 5 nitrogen and oxygen atoms in total. The van der Waals surface area contributed by atoms with Crippen molar-refractivity contribution in [3.63, 3.8) is 0 Å². The zero-order chi connectivity index (χ0) is 19.1. The van der Waals surface area contributed by atoms with E-state index in [1.165, 1.54) is 5.56 Å². The average molecular weight is 362 g/mol. The summed E-state index contributed by atoms with van der Waals surface area (Å²) in [5, 5.41) is 5.52. The van der Waals surface area contributed by atoms with E-state index in [0.29, 0.717) is 0 Å². The van der Waals surface area contributed by atoms with Crippen molar-refractivity contribution < 1.29 is 4.79 Å². The highest BCUT2D eigenvalue weighted by Crippen LogP contribution is 2.33. The summed E-state index contributed by atoms with van der Waals surface area (Å²) in [6.07, 6.45) is 5.07. The summed E-state index contributed by atoms with van der Waals surface area (Å²) in [5.74, 6) is 0.0871. The van der Waals surface area contributed by atoms with Gasteiger partial charge in [0.2, 0.25) is 0 Å². The second-order valence-corrected chi connectivity index (χ2v) is 7.64. The maximum Gasteiger partial charge on any atom is 0.255 e. The van der Waals surface area contributed by atoms with Gasteiger partial charge in [-0.05, 0) is 63.3 Å². The van der Waals surface area contributed by atoms with Gasteiger partial charge in [-0.3, -0.25) is 14.5 Å². The molecule has 140 valence electrons. The van der Waals surface area contributed by atoms with Crippen LogP contribution in [0.15, 0.2) is 30.5 Å². The highest BCUT2D eigenvalue weighted by atomic mass is 16.2. The summed E-state index contributed by atoms with van der Waals surface area (Å²) >= 11 is 0. The normalized spacial score (nSPS) is 17.5. The molecule has 1 aliphatic heterocycles. The summed E-state index contributed by atoms with van der Waals surface area (Å²) < 4.78 is 1.81. The van der Waals surface area contributed by atoms with Crippen LogP contribution in [0.4, 0.5) is 0 Å². The van der Waals surface area contributed by atoms with Crippen LogP contribution in [0, 0.1) is 20.8 Å². The molecule has 1 unspecified atom stereocenters. The number of carbonyl (C=O) groups excluding carboxylic acids is 1.